The second-order valence-corrected chi connectivity index (χ2v) is 18.0. The number of aromatic nitrogens is 2. The van der Waals surface area contributed by atoms with Crippen molar-refractivity contribution in [3.05, 3.63) is 268 Å². The van der Waals surface area contributed by atoms with E-state index in [2.05, 4.69) is 203 Å². The fourth-order valence-corrected chi connectivity index (χ4v) is 11.3. The van der Waals surface area contributed by atoms with E-state index in [1.54, 1.807) is 19.2 Å². The molecular formula is C62H42N4O3. The molecule has 1 atom stereocenters. The van der Waals surface area contributed by atoms with Gasteiger partial charge in [-0.25, -0.2) is 0 Å². The third-order valence-corrected chi connectivity index (χ3v) is 14.4. The summed E-state index contributed by atoms with van der Waals surface area (Å²) in [6, 6.07) is 80.1. The number of nitro benzene ring substituents is 1. The van der Waals surface area contributed by atoms with E-state index < -0.39 is 5.41 Å². The molecule has 10 aromatic carbocycles. The number of fused-ring (bicyclic) bond motifs is 9. The number of hydrogen-bond acceptors (Lipinski definition) is 3. The molecule has 7 heteroatoms. The molecule has 0 spiro atoms. The molecule has 0 saturated carbocycles. The Balaban J connectivity index is 1.03. The van der Waals surface area contributed by atoms with Crippen molar-refractivity contribution in [3.63, 3.8) is 0 Å². The molecular weight excluding hydrogens is 849 g/mol. The Bertz CT molecular complexity index is 3720. The standard InChI is InChI=1S/C62H42N4O3/c1-63(67)46-30-26-44(27-31-46)62(45-28-32-47(33-29-45)66(68)69)56-38-42(40-12-10-14-48(36-40)64-58-20-6-2-16-52(58)53-17-3-7-21-59(53)64)24-34-50(56)51-35-25-43(39-57(51)62)41-13-11-15-49(37-41)65-60-22-8-4-18-54(60)55-19-5-9-23-61(55)65/h2-39,63H,1H3. The van der Waals surface area contributed by atoms with Gasteiger partial charge in [-0.05, 0) is 128 Å². The van der Waals surface area contributed by atoms with Crippen molar-refractivity contribution in [2.75, 3.05) is 7.05 Å². The van der Waals surface area contributed by atoms with Crippen LogP contribution in [0.15, 0.2) is 231 Å². The van der Waals surface area contributed by atoms with Crippen LogP contribution < -0.4 is 5.06 Å². The Morgan fingerprint density at radius 2 is 0.797 bits per heavy atom. The van der Waals surface area contributed by atoms with Gasteiger partial charge in [-0.15, -0.1) is 0 Å². The maximum Gasteiger partial charge on any atom is 0.269 e. The molecule has 0 aliphatic heterocycles. The van der Waals surface area contributed by atoms with Crippen molar-refractivity contribution in [1.82, 2.24) is 9.13 Å². The largest absolute Gasteiger partial charge is 0.629 e. The van der Waals surface area contributed by atoms with Crippen LogP contribution in [0.4, 0.5) is 11.4 Å². The lowest BCUT2D eigenvalue weighted by Crippen LogP contribution is -2.98. The van der Waals surface area contributed by atoms with Crippen molar-refractivity contribution < 1.29 is 9.99 Å². The van der Waals surface area contributed by atoms with Crippen LogP contribution in [0.1, 0.15) is 22.3 Å². The van der Waals surface area contributed by atoms with Crippen LogP contribution in [-0.2, 0) is 5.41 Å². The summed E-state index contributed by atoms with van der Waals surface area (Å²) in [4.78, 5) is 11.8. The van der Waals surface area contributed by atoms with E-state index in [-0.39, 0.29) is 15.7 Å². The maximum absolute atomic E-state index is 12.8. The van der Waals surface area contributed by atoms with E-state index in [4.69, 9.17) is 0 Å². The SMILES string of the molecule is C[NH+]([O-])c1ccc(C2(c3ccc([N+](=O)[O-])cc3)c3cc(-c4cccc(-n5c6ccccc6c6ccccc65)c4)ccc3-c3ccc(-c4cccc(-n5c6ccccc6c6ccccc65)c4)cc32)cc1. The van der Waals surface area contributed by atoms with E-state index in [9.17, 15) is 15.3 Å². The van der Waals surface area contributed by atoms with Gasteiger partial charge in [-0.2, -0.15) is 0 Å². The first-order chi connectivity index (χ1) is 33.9. The van der Waals surface area contributed by atoms with Crippen LogP contribution in [0.3, 0.4) is 0 Å². The summed E-state index contributed by atoms with van der Waals surface area (Å²) in [6.45, 7) is 0. The van der Waals surface area contributed by atoms with E-state index in [1.807, 2.05) is 24.3 Å². The monoisotopic (exact) mass is 890 g/mol. The van der Waals surface area contributed by atoms with Gasteiger partial charge < -0.3 is 19.4 Å². The van der Waals surface area contributed by atoms with Crippen LogP contribution in [0, 0.1) is 15.3 Å². The van der Waals surface area contributed by atoms with Crippen LogP contribution in [-0.4, -0.2) is 21.1 Å². The molecule has 1 aliphatic rings. The molecule has 0 fully saturated rings. The number of rotatable bonds is 8. The minimum absolute atomic E-state index is 0.0190. The van der Waals surface area contributed by atoms with Gasteiger partial charge in [-0.1, -0.05) is 146 Å². The first kappa shape index (κ1) is 40.4. The zero-order chi connectivity index (χ0) is 46.4. The molecule has 0 amide bonds. The quantitative estimate of drug-likeness (QED) is 0.122. The fraction of sp³-hybridized carbons (Fsp3) is 0.0323. The number of nitro groups is 1. The Morgan fingerprint density at radius 3 is 1.19 bits per heavy atom. The second-order valence-electron chi connectivity index (χ2n) is 18.0. The van der Waals surface area contributed by atoms with Gasteiger partial charge in [0.1, 0.15) is 5.69 Å². The molecule has 2 heterocycles. The molecule has 13 rings (SSSR count). The lowest BCUT2D eigenvalue weighted by Gasteiger charge is -2.34. The molecule has 7 nitrogen and oxygen atoms in total. The van der Waals surface area contributed by atoms with Crippen molar-refractivity contribution in [2.45, 2.75) is 5.41 Å². The molecule has 12 aromatic rings. The normalized spacial score (nSPS) is 13.2. The predicted octanol–water partition coefficient (Wildman–Crippen LogP) is 14.1. The van der Waals surface area contributed by atoms with Gasteiger partial charge in [0, 0.05) is 45.1 Å². The van der Waals surface area contributed by atoms with E-state index in [0.717, 1.165) is 89.1 Å². The number of hydrogen-bond donors (Lipinski definition) is 1. The third-order valence-electron chi connectivity index (χ3n) is 14.4. The lowest BCUT2D eigenvalue weighted by molar-refractivity contribution is -0.751. The highest BCUT2D eigenvalue weighted by atomic mass is 16.6. The van der Waals surface area contributed by atoms with Gasteiger partial charge in [0.05, 0.1) is 39.5 Å². The lowest BCUT2D eigenvalue weighted by atomic mass is 9.67. The number of benzene rings is 10. The summed E-state index contributed by atoms with van der Waals surface area (Å²) in [6.07, 6.45) is 0. The summed E-state index contributed by atoms with van der Waals surface area (Å²) < 4.78 is 4.68. The topological polar surface area (TPSA) is 80.5 Å². The van der Waals surface area contributed by atoms with Gasteiger partial charge in [-0.3, -0.25) is 10.1 Å². The highest BCUT2D eigenvalue weighted by Crippen LogP contribution is 2.58. The van der Waals surface area contributed by atoms with Crippen LogP contribution in [0.2, 0.25) is 0 Å². The summed E-state index contributed by atoms with van der Waals surface area (Å²) in [5, 5.41) is 29.7. The van der Waals surface area contributed by atoms with Gasteiger partial charge in [0.25, 0.3) is 5.69 Å². The first-order valence-electron chi connectivity index (χ1n) is 23.2. The zero-order valence-corrected chi connectivity index (χ0v) is 37.5. The molecule has 1 unspecified atom stereocenters. The minimum Gasteiger partial charge on any atom is -0.629 e. The second kappa shape index (κ2) is 15.6. The zero-order valence-electron chi connectivity index (χ0n) is 37.5. The summed E-state index contributed by atoms with van der Waals surface area (Å²) >= 11 is 0. The van der Waals surface area contributed by atoms with Gasteiger partial charge >= 0.3 is 0 Å². The van der Waals surface area contributed by atoms with Crippen molar-refractivity contribution in [3.8, 4) is 44.8 Å². The number of nitrogens with zero attached hydrogens (tertiary/aromatic N) is 3. The highest BCUT2D eigenvalue weighted by molar-refractivity contribution is 6.10. The van der Waals surface area contributed by atoms with E-state index >= 15 is 0 Å². The highest BCUT2D eigenvalue weighted by Gasteiger charge is 2.47. The predicted molar refractivity (Wildman–Crippen MR) is 280 cm³/mol. The van der Waals surface area contributed by atoms with Crippen LogP contribution in [0.25, 0.3) is 88.4 Å². The number of quaternary nitrogens is 1. The number of para-hydroxylation sites is 4. The van der Waals surface area contributed by atoms with Crippen LogP contribution in [0.5, 0.6) is 0 Å². The summed E-state index contributed by atoms with van der Waals surface area (Å²) in [5.41, 5.74) is 16.7. The van der Waals surface area contributed by atoms with Crippen LogP contribution >= 0.6 is 0 Å². The Kier molecular flexibility index (Phi) is 9.14. The molecule has 69 heavy (non-hydrogen) atoms. The minimum atomic E-state index is -0.935. The molecule has 1 N–H and O–H groups in total. The first-order valence-corrected chi connectivity index (χ1v) is 23.2. The van der Waals surface area contributed by atoms with Crippen molar-refractivity contribution in [2.24, 2.45) is 0 Å². The number of hydroxylamine groups is 1. The Hall–Kier alpha value is -8.88. The van der Waals surface area contributed by atoms with E-state index in [1.165, 1.54) is 21.5 Å². The van der Waals surface area contributed by atoms with E-state index in [0.29, 0.717) is 5.69 Å². The smallest absolute Gasteiger partial charge is 0.269 e. The number of non-ortho nitro benzene ring substituents is 1. The maximum atomic E-state index is 12.8. The summed E-state index contributed by atoms with van der Waals surface area (Å²) in [5.74, 6) is 0. The molecule has 0 radical (unpaired) electrons. The average molecular weight is 891 g/mol. The average Bonchev–Trinajstić information content (AvgIpc) is 4.03. The molecule has 328 valence electrons. The molecule has 2 aromatic heterocycles. The fourth-order valence-electron chi connectivity index (χ4n) is 11.3. The number of nitrogens with one attached hydrogen (secondary N) is 1. The molecule has 1 aliphatic carbocycles. The summed E-state index contributed by atoms with van der Waals surface area (Å²) in [7, 11) is 1.58. The molecule has 0 bridgehead atoms. The third kappa shape index (κ3) is 6.15. The Morgan fingerprint density at radius 1 is 0.420 bits per heavy atom. The Labute approximate surface area is 397 Å². The van der Waals surface area contributed by atoms with Crippen molar-refractivity contribution >= 4 is 55.0 Å². The van der Waals surface area contributed by atoms with Crippen molar-refractivity contribution in [1.29, 1.82) is 0 Å². The molecule has 0 saturated heterocycles. The van der Waals surface area contributed by atoms with Gasteiger partial charge in [0.2, 0.25) is 0 Å². The van der Waals surface area contributed by atoms with Gasteiger partial charge in [0.15, 0.2) is 0 Å².